The molecule has 1 atom stereocenters. The lowest BCUT2D eigenvalue weighted by Crippen LogP contribution is -2.38. The van der Waals surface area contributed by atoms with Crippen molar-refractivity contribution in [3.8, 4) is 0 Å². The highest BCUT2D eigenvalue weighted by Crippen LogP contribution is 2.20. The van der Waals surface area contributed by atoms with E-state index < -0.39 is 0 Å². The number of rotatable bonds is 4. The van der Waals surface area contributed by atoms with Crippen molar-refractivity contribution < 1.29 is 4.74 Å². The molecule has 1 aliphatic rings. The van der Waals surface area contributed by atoms with Crippen molar-refractivity contribution in [1.29, 1.82) is 0 Å². The molecule has 0 aromatic carbocycles. The summed E-state index contributed by atoms with van der Waals surface area (Å²) < 4.78 is 5.98. The first-order chi connectivity index (χ1) is 8.29. The van der Waals surface area contributed by atoms with Crippen LogP contribution in [0.4, 0.5) is 5.82 Å². The number of piperidine rings is 1. The number of ether oxygens (including phenoxy) is 1. The van der Waals surface area contributed by atoms with Crippen molar-refractivity contribution in [2.24, 2.45) is 0 Å². The van der Waals surface area contributed by atoms with E-state index in [0.717, 1.165) is 38.2 Å². The summed E-state index contributed by atoms with van der Waals surface area (Å²) in [5.41, 5.74) is 0. The van der Waals surface area contributed by atoms with E-state index in [1.807, 2.05) is 18.3 Å². The molecule has 1 aromatic rings. The highest BCUT2D eigenvalue weighted by molar-refractivity contribution is 5.37. The molecule has 0 amide bonds. The van der Waals surface area contributed by atoms with Gasteiger partial charge in [-0.3, -0.25) is 0 Å². The maximum atomic E-state index is 5.98. The van der Waals surface area contributed by atoms with Crippen molar-refractivity contribution in [2.45, 2.75) is 45.3 Å². The lowest BCUT2D eigenvalue weighted by atomic mass is 10.1. The van der Waals surface area contributed by atoms with Gasteiger partial charge in [-0.25, -0.2) is 4.98 Å². The Labute approximate surface area is 104 Å². The molecule has 1 aromatic heterocycles. The van der Waals surface area contributed by atoms with Crippen LogP contribution in [0.1, 0.15) is 33.1 Å². The van der Waals surface area contributed by atoms with Crippen LogP contribution in [0.3, 0.4) is 0 Å². The number of hydrogen-bond acceptors (Lipinski definition) is 3. The third-order valence-electron chi connectivity index (χ3n) is 3.41. The average molecular weight is 234 g/mol. The van der Waals surface area contributed by atoms with E-state index in [1.165, 1.54) is 0 Å². The zero-order valence-corrected chi connectivity index (χ0v) is 10.8. The van der Waals surface area contributed by atoms with Gasteiger partial charge in [0.05, 0.1) is 12.2 Å². The summed E-state index contributed by atoms with van der Waals surface area (Å²) in [6, 6.07) is 6.09. The fourth-order valence-corrected chi connectivity index (χ4v) is 2.19. The minimum atomic E-state index is 0.390. The van der Waals surface area contributed by atoms with E-state index in [9.17, 15) is 0 Å². The second-order valence-electron chi connectivity index (χ2n) is 4.73. The first kappa shape index (κ1) is 12.4. The lowest BCUT2D eigenvalue weighted by Gasteiger charge is -2.33. The van der Waals surface area contributed by atoms with Gasteiger partial charge in [0.2, 0.25) is 0 Å². The normalized spacial score (nSPS) is 19.3. The van der Waals surface area contributed by atoms with Crippen LogP contribution in [-0.2, 0) is 4.74 Å². The van der Waals surface area contributed by atoms with Crippen LogP contribution in [-0.4, -0.2) is 30.3 Å². The minimum absolute atomic E-state index is 0.390. The standard InChI is InChI=1S/C14H22N2O/c1-3-12(2)17-13-7-10-16(11-8-13)14-6-4-5-9-15-14/h4-6,9,12-13H,3,7-8,10-11H2,1-2H3. The Bertz CT molecular complexity index is 320. The highest BCUT2D eigenvalue weighted by Gasteiger charge is 2.21. The van der Waals surface area contributed by atoms with E-state index in [4.69, 9.17) is 4.74 Å². The van der Waals surface area contributed by atoms with Crippen molar-refractivity contribution in [3.63, 3.8) is 0 Å². The van der Waals surface area contributed by atoms with E-state index in [2.05, 4.69) is 29.8 Å². The molecule has 0 radical (unpaired) electrons. The van der Waals surface area contributed by atoms with Crippen LogP contribution >= 0.6 is 0 Å². The van der Waals surface area contributed by atoms with E-state index in [-0.39, 0.29) is 0 Å². The molecule has 1 unspecified atom stereocenters. The summed E-state index contributed by atoms with van der Waals surface area (Å²) in [7, 11) is 0. The van der Waals surface area contributed by atoms with Crippen LogP contribution in [0.15, 0.2) is 24.4 Å². The summed E-state index contributed by atoms with van der Waals surface area (Å²) in [5.74, 6) is 1.09. The van der Waals surface area contributed by atoms with Gasteiger partial charge in [0.25, 0.3) is 0 Å². The monoisotopic (exact) mass is 234 g/mol. The predicted octanol–water partition coefficient (Wildman–Crippen LogP) is 2.87. The summed E-state index contributed by atoms with van der Waals surface area (Å²) in [6.45, 7) is 6.44. The molecule has 0 saturated carbocycles. The molecule has 2 rings (SSSR count). The third kappa shape index (κ3) is 3.43. The topological polar surface area (TPSA) is 25.4 Å². The van der Waals surface area contributed by atoms with Crippen molar-refractivity contribution in [1.82, 2.24) is 4.98 Å². The highest BCUT2D eigenvalue weighted by atomic mass is 16.5. The lowest BCUT2D eigenvalue weighted by molar-refractivity contribution is -0.0155. The maximum Gasteiger partial charge on any atom is 0.128 e. The van der Waals surface area contributed by atoms with Gasteiger partial charge in [0.1, 0.15) is 5.82 Å². The number of nitrogens with zero attached hydrogens (tertiary/aromatic N) is 2. The molecule has 2 heterocycles. The second kappa shape index (κ2) is 6.01. The van der Waals surface area contributed by atoms with Gasteiger partial charge in [-0.15, -0.1) is 0 Å². The van der Waals surface area contributed by atoms with Crippen LogP contribution in [0.25, 0.3) is 0 Å². The van der Waals surface area contributed by atoms with Gasteiger partial charge in [0.15, 0.2) is 0 Å². The molecular formula is C14H22N2O. The van der Waals surface area contributed by atoms with E-state index in [1.54, 1.807) is 0 Å². The molecule has 0 spiro atoms. The number of pyridine rings is 1. The molecule has 3 nitrogen and oxygen atoms in total. The molecule has 1 saturated heterocycles. The quantitative estimate of drug-likeness (QED) is 0.801. The predicted molar refractivity (Wildman–Crippen MR) is 70.3 cm³/mol. The Morgan fingerprint density at radius 3 is 2.76 bits per heavy atom. The third-order valence-corrected chi connectivity index (χ3v) is 3.41. The van der Waals surface area contributed by atoms with Crippen molar-refractivity contribution >= 4 is 5.82 Å². The van der Waals surface area contributed by atoms with Gasteiger partial charge >= 0.3 is 0 Å². The van der Waals surface area contributed by atoms with E-state index >= 15 is 0 Å². The molecule has 94 valence electrons. The first-order valence-electron chi connectivity index (χ1n) is 6.61. The second-order valence-corrected chi connectivity index (χ2v) is 4.73. The summed E-state index contributed by atoms with van der Waals surface area (Å²) in [4.78, 5) is 6.73. The molecule has 0 aliphatic carbocycles. The fraction of sp³-hybridized carbons (Fsp3) is 0.643. The fourth-order valence-electron chi connectivity index (χ4n) is 2.19. The zero-order chi connectivity index (χ0) is 12.1. The molecule has 0 N–H and O–H groups in total. The summed E-state index contributed by atoms with van der Waals surface area (Å²) in [5, 5.41) is 0. The van der Waals surface area contributed by atoms with Gasteiger partial charge in [0, 0.05) is 19.3 Å². The Morgan fingerprint density at radius 2 is 2.18 bits per heavy atom. The molecular weight excluding hydrogens is 212 g/mol. The van der Waals surface area contributed by atoms with Gasteiger partial charge < -0.3 is 9.64 Å². The van der Waals surface area contributed by atoms with E-state index in [0.29, 0.717) is 12.2 Å². The van der Waals surface area contributed by atoms with Crippen LogP contribution in [0, 0.1) is 0 Å². The van der Waals surface area contributed by atoms with Crippen molar-refractivity contribution in [2.75, 3.05) is 18.0 Å². The summed E-state index contributed by atoms with van der Waals surface area (Å²) >= 11 is 0. The summed E-state index contributed by atoms with van der Waals surface area (Å²) in [6.07, 6.45) is 6.01. The number of anilines is 1. The van der Waals surface area contributed by atoms with Gasteiger partial charge in [-0.1, -0.05) is 13.0 Å². The first-order valence-corrected chi connectivity index (χ1v) is 6.61. The Hall–Kier alpha value is -1.09. The van der Waals surface area contributed by atoms with Crippen LogP contribution in [0.2, 0.25) is 0 Å². The smallest absolute Gasteiger partial charge is 0.128 e. The van der Waals surface area contributed by atoms with Crippen molar-refractivity contribution in [3.05, 3.63) is 24.4 Å². The molecule has 0 bridgehead atoms. The number of aromatic nitrogens is 1. The van der Waals surface area contributed by atoms with Gasteiger partial charge in [-0.2, -0.15) is 0 Å². The Balaban J connectivity index is 1.82. The molecule has 1 fully saturated rings. The van der Waals surface area contributed by atoms with Crippen LogP contribution < -0.4 is 4.90 Å². The zero-order valence-electron chi connectivity index (χ0n) is 10.8. The van der Waals surface area contributed by atoms with Gasteiger partial charge in [-0.05, 0) is 38.3 Å². The SMILES string of the molecule is CCC(C)OC1CCN(c2ccccn2)CC1. The molecule has 1 aliphatic heterocycles. The minimum Gasteiger partial charge on any atom is -0.375 e. The average Bonchev–Trinajstić information content (AvgIpc) is 2.40. The molecule has 17 heavy (non-hydrogen) atoms. The molecule has 3 heteroatoms. The van der Waals surface area contributed by atoms with Crippen LogP contribution in [0.5, 0.6) is 0 Å². The Morgan fingerprint density at radius 1 is 1.41 bits per heavy atom. The Kier molecular flexibility index (Phi) is 4.37. The number of hydrogen-bond donors (Lipinski definition) is 0. The largest absolute Gasteiger partial charge is 0.375 e. The maximum absolute atomic E-state index is 5.98.